The minimum Gasteiger partial charge on any atom is -0.508 e. The molecule has 2 N–H and O–H groups in total. The number of aliphatic hydroxyl groups is 1. The molecule has 0 amide bonds. The molecule has 0 aliphatic heterocycles. The largest absolute Gasteiger partial charge is 0.508 e. The van der Waals surface area contributed by atoms with Gasteiger partial charge < -0.3 is 10.2 Å². The van der Waals surface area contributed by atoms with Crippen LogP contribution in [0.3, 0.4) is 0 Å². The van der Waals surface area contributed by atoms with Gasteiger partial charge in [-0.15, -0.1) is 0 Å². The molecule has 28 heavy (non-hydrogen) atoms. The number of aliphatic hydroxyl groups excluding tert-OH is 1. The number of allylic oxidation sites excluding steroid dienone is 1. The molecule has 6 rings (SSSR count). The van der Waals surface area contributed by atoms with Crippen LogP contribution in [0.4, 0.5) is 0 Å². The van der Waals surface area contributed by atoms with E-state index < -0.39 is 0 Å². The molecular formula is C25H30O3. The number of phenolic OH excluding ortho intramolecular Hbond substituents is 1. The van der Waals surface area contributed by atoms with Crippen molar-refractivity contribution in [1.82, 2.24) is 0 Å². The standard InChI is InChI=1S/C25H30O3/c1-24-13-20-18-5-3-16(26)10-14(18)12-25-9-8-17(27)11-15(25)2-4-19(23(20)25)21(24)6-7-22(24)28/h3,5,10-11,19-23,26,28H,2,4,6-9,12-13H2,1H3/t19-,20+,21-,22-,23+,24-,25+/m0/s1. The van der Waals surface area contributed by atoms with Crippen LogP contribution in [0.15, 0.2) is 29.8 Å². The number of carbonyl (C=O) groups excluding carboxylic acids is 1. The first kappa shape index (κ1) is 17.3. The van der Waals surface area contributed by atoms with E-state index in [9.17, 15) is 15.0 Å². The van der Waals surface area contributed by atoms with Gasteiger partial charge in [-0.3, -0.25) is 4.79 Å². The van der Waals surface area contributed by atoms with Gasteiger partial charge in [0, 0.05) is 6.42 Å². The Morgan fingerprint density at radius 2 is 2.00 bits per heavy atom. The van der Waals surface area contributed by atoms with E-state index in [0.717, 1.165) is 38.5 Å². The van der Waals surface area contributed by atoms with Crippen molar-refractivity contribution in [3.05, 3.63) is 41.0 Å². The summed E-state index contributed by atoms with van der Waals surface area (Å²) in [5.74, 6) is 2.92. The van der Waals surface area contributed by atoms with Crippen LogP contribution in [0.2, 0.25) is 0 Å². The molecule has 3 saturated carbocycles. The summed E-state index contributed by atoms with van der Waals surface area (Å²) in [6.07, 6.45) is 9.74. The summed E-state index contributed by atoms with van der Waals surface area (Å²) < 4.78 is 0. The van der Waals surface area contributed by atoms with E-state index in [0.29, 0.717) is 41.6 Å². The molecular weight excluding hydrogens is 348 g/mol. The summed E-state index contributed by atoms with van der Waals surface area (Å²) in [6.45, 7) is 2.34. The van der Waals surface area contributed by atoms with Crippen molar-refractivity contribution in [2.24, 2.45) is 28.6 Å². The van der Waals surface area contributed by atoms with Gasteiger partial charge in [0.15, 0.2) is 5.78 Å². The SMILES string of the molecule is C[C@]12C[C@@H]3c4ccc(O)cc4C[C@]45CCC(=O)C=C4CC[C@H]([C@H]35)[C@@H]1CC[C@@H]2O. The lowest BCUT2D eigenvalue weighted by atomic mass is 9.40. The van der Waals surface area contributed by atoms with Crippen LogP contribution in [0, 0.1) is 28.6 Å². The van der Waals surface area contributed by atoms with Crippen molar-refractivity contribution in [1.29, 1.82) is 0 Å². The average molecular weight is 379 g/mol. The van der Waals surface area contributed by atoms with Crippen LogP contribution in [0.1, 0.15) is 68.9 Å². The van der Waals surface area contributed by atoms with Crippen LogP contribution in [0.25, 0.3) is 0 Å². The van der Waals surface area contributed by atoms with Gasteiger partial charge in [0.2, 0.25) is 0 Å². The molecule has 3 nitrogen and oxygen atoms in total. The normalized spacial score (nSPS) is 46.1. The number of hydrogen-bond acceptors (Lipinski definition) is 3. The van der Waals surface area contributed by atoms with Gasteiger partial charge in [-0.2, -0.15) is 0 Å². The van der Waals surface area contributed by atoms with E-state index in [1.165, 1.54) is 23.1 Å². The van der Waals surface area contributed by atoms with Crippen molar-refractivity contribution in [3.63, 3.8) is 0 Å². The van der Waals surface area contributed by atoms with E-state index in [4.69, 9.17) is 0 Å². The Balaban J connectivity index is 1.57. The summed E-state index contributed by atoms with van der Waals surface area (Å²) >= 11 is 0. The molecule has 5 aliphatic carbocycles. The second-order valence-electron chi connectivity index (χ2n) is 10.6. The first-order valence-electron chi connectivity index (χ1n) is 11.2. The van der Waals surface area contributed by atoms with Gasteiger partial charge >= 0.3 is 0 Å². The third kappa shape index (κ3) is 2.01. The van der Waals surface area contributed by atoms with E-state index >= 15 is 0 Å². The summed E-state index contributed by atoms with van der Waals surface area (Å²) in [6, 6.07) is 5.96. The van der Waals surface area contributed by atoms with E-state index in [2.05, 4.69) is 13.0 Å². The maximum atomic E-state index is 12.3. The topological polar surface area (TPSA) is 57.5 Å². The zero-order chi connectivity index (χ0) is 19.3. The lowest BCUT2D eigenvalue weighted by Gasteiger charge is -2.64. The molecule has 0 radical (unpaired) electrons. The van der Waals surface area contributed by atoms with Crippen LogP contribution in [0.5, 0.6) is 5.75 Å². The first-order valence-corrected chi connectivity index (χ1v) is 11.2. The number of fused-ring (bicyclic) bond motifs is 4. The molecule has 0 aromatic heterocycles. The second kappa shape index (κ2) is 5.50. The zero-order valence-electron chi connectivity index (χ0n) is 16.7. The average Bonchev–Trinajstić information content (AvgIpc) is 2.96. The van der Waals surface area contributed by atoms with Crippen molar-refractivity contribution in [2.45, 2.75) is 70.3 Å². The maximum absolute atomic E-state index is 12.3. The third-order valence-electron chi connectivity index (χ3n) is 9.64. The summed E-state index contributed by atoms with van der Waals surface area (Å²) in [4.78, 5) is 12.3. The second-order valence-corrected chi connectivity index (χ2v) is 10.6. The number of ketones is 1. The van der Waals surface area contributed by atoms with E-state index in [-0.39, 0.29) is 16.9 Å². The maximum Gasteiger partial charge on any atom is 0.155 e. The van der Waals surface area contributed by atoms with E-state index in [1.54, 1.807) is 0 Å². The Morgan fingerprint density at radius 3 is 2.86 bits per heavy atom. The Morgan fingerprint density at radius 1 is 1.14 bits per heavy atom. The van der Waals surface area contributed by atoms with Crippen LogP contribution in [-0.2, 0) is 11.2 Å². The van der Waals surface area contributed by atoms with Gasteiger partial charge in [0.1, 0.15) is 5.75 Å². The molecule has 0 bridgehead atoms. The minimum atomic E-state index is -0.193. The first-order chi connectivity index (χ1) is 13.4. The molecule has 3 fully saturated rings. The quantitative estimate of drug-likeness (QED) is 0.698. The van der Waals surface area contributed by atoms with Crippen molar-refractivity contribution in [2.75, 3.05) is 0 Å². The lowest BCUT2D eigenvalue weighted by molar-refractivity contribution is -0.120. The predicted octanol–water partition coefficient (Wildman–Crippen LogP) is 4.51. The van der Waals surface area contributed by atoms with Gasteiger partial charge in [0.25, 0.3) is 0 Å². The number of hydrogen-bond donors (Lipinski definition) is 2. The van der Waals surface area contributed by atoms with Gasteiger partial charge in [-0.05, 0) is 109 Å². The predicted molar refractivity (Wildman–Crippen MR) is 107 cm³/mol. The molecule has 0 unspecified atom stereocenters. The van der Waals surface area contributed by atoms with Crippen LogP contribution >= 0.6 is 0 Å². The summed E-state index contributed by atoms with van der Waals surface area (Å²) in [7, 11) is 0. The number of aromatic hydroxyl groups is 1. The summed E-state index contributed by atoms with van der Waals surface area (Å²) in [5, 5.41) is 21.1. The summed E-state index contributed by atoms with van der Waals surface area (Å²) in [5.41, 5.74) is 4.17. The van der Waals surface area contributed by atoms with Crippen LogP contribution in [-0.4, -0.2) is 22.1 Å². The number of carbonyl (C=O) groups is 1. The third-order valence-corrected chi connectivity index (χ3v) is 9.64. The Bertz CT molecular complexity index is 901. The number of rotatable bonds is 0. The molecule has 0 saturated heterocycles. The highest BCUT2D eigenvalue weighted by molar-refractivity contribution is 5.91. The molecule has 148 valence electrons. The van der Waals surface area contributed by atoms with Crippen molar-refractivity contribution >= 4 is 5.78 Å². The lowest BCUT2D eigenvalue weighted by Crippen LogP contribution is -2.57. The molecule has 1 spiro atoms. The molecule has 5 aliphatic rings. The van der Waals surface area contributed by atoms with Crippen molar-refractivity contribution in [3.8, 4) is 5.75 Å². The smallest absolute Gasteiger partial charge is 0.155 e. The molecule has 7 atom stereocenters. The highest BCUT2D eigenvalue weighted by atomic mass is 16.3. The molecule has 0 heterocycles. The molecule has 3 heteroatoms. The van der Waals surface area contributed by atoms with Gasteiger partial charge in [-0.1, -0.05) is 18.6 Å². The fraction of sp³-hybridized carbons (Fsp3) is 0.640. The zero-order valence-corrected chi connectivity index (χ0v) is 16.7. The highest BCUT2D eigenvalue weighted by Gasteiger charge is 2.64. The van der Waals surface area contributed by atoms with Crippen molar-refractivity contribution < 1.29 is 15.0 Å². The number of benzene rings is 1. The van der Waals surface area contributed by atoms with E-state index in [1.807, 2.05) is 18.2 Å². The number of phenols is 1. The minimum absolute atomic E-state index is 0.00518. The van der Waals surface area contributed by atoms with Crippen LogP contribution < -0.4 is 0 Å². The monoisotopic (exact) mass is 378 g/mol. The Labute approximate surface area is 166 Å². The molecule has 1 aromatic carbocycles. The highest BCUT2D eigenvalue weighted by Crippen LogP contribution is 2.71. The Hall–Kier alpha value is -1.61. The fourth-order valence-corrected chi connectivity index (χ4v) is 8.57. The fourth-order valence-electron chi connectivity index (χ4n) is 8.57. The molecule has 1 aromatic rings. The Kier molecular flexibility index (Phi) is 3.39. The van der Waals surface area contributed by atoms with Gasteiger partial charge in [-0.25, -0.2) is 0 Å². The van der Waals surface area contributed by atoms with Gasteiger partial charge in [0.05, 0.1) is 6.10 Å².